The van der Waals surface area contributed by atoms with Crippen LogP contribution in [0.5, 0.6) is 0 Å². The molecule has 0 radical (unpaired) electrons. The maximum Gasteiger partial charge on any atom is 0.0806 e. The first-order valence-electron chi connectivity index (χ1n) is 10.3. The third-order valence-electron chi connectivity index (χ3n) is 6.97. The lowest BCUT2D eigenvalue weighted by atomic mass is 9.79. The minimum Gasteiger partial charge on any atom is -0.0882 e. The Morgan fingerprint density at radius 3 is 2.50 bits per heavy atom. The second-order valence-corrected chi connectivity index (χ2v) is 13.8. The fourth-order valence-corrected chi connectivity index (χ4v) is 7.85. The van der Waals surface area contributed by atoms with Crippen LogP contribution in [0.1, 0.15) is 51.9 Å². The number of allylic oxidation sites excluding steroid dienone is 2. The van der Waals surface area contributed by atoms with Gasteiger partial charge in [0.05, 0.1) is 8.07 Å². The molecule has 0 heterocycles. The summed E-state index contributed by atoms with van der Waals surface area (Å²) < 4.78 is 0. The summed E-state index contributed by atoms with van der Waals surface area (Å²) >= 11 is 0. The third-order valence-corrected chi connectivity index (χ3v) is 10.4. The molecule has 0 aromatic heterocycles. The summed E-state index contributed by atoms with van der Waals surface area (Å²) in [5.41, 5.74) is 0. The van der Waals surface area contributed by atoms with Crippen LogP contribution in [-0.4, -0.2) is 8.07 Å². The van der Waals surface area contributed by atoms with E-state index in [4.69, 9.17) is 0 Å². The van der Waals surface area contributed by atoms with Gasteiger partial charge in [0.2, 0.25) is 0 Å². The summed E-state index contributed by atoms with van der Waals surface area (Å²) in [5.74, 6) is 4.02. The van der Waals surface area contributed by atoms with Crippen LogP contribution >= 0.6 is 0 Å². The number of benzene rings is 1. The summed E-state index contributed by atoms with van der Waals surface area (Å²) in [6, 6.07) is 12.8. The van der Waals surface area contributed by atoms with Crippen molar-refractivity contribution in [3.05, 3.63) is 42.5 Å². The van der Waals surface area contributed by atoms with Gasteiger partial charge in [-0.15, -0.1) is 0 Å². The highest BCUT2D eigenvalue weighted by Gasteiger charge is 2.42. The van der Waals surface area contributed by atoms with Gasteiger partial charge in [0.25, 0.3) is 0 Å². The molecule has 24 heavy (non-hydrogen) atoms. The Hall–Kier alpha value is -0.823. The first kappa shape index (κ1) is 18.0. The highest BCUT2D eigenvalue weighted by molar-refractivity contribution is 6.89. The van der Waals surface area contributed by atoms with Gasteiger partial charge in [-0.2, -0.15) is 0 Å². The molecule has 2 aliphatic carbocycles. The maximum atomic E-state index is 2.58. The van der Waals surface area contributed by atoms with E-state index in [1.807, 2.05) is 0 Å². The topological polar surface area (TPSA) is 0 Å². The smallest absolute Gasteiger partial charge is 0.0806 e. The Morgan fingerprint density at radius 2 is 1.75 bits per heavy atom. The number of hydrogen-bond acceptors (Lipinski definition) is 0. The molecular formula is C23H36Si. The van der Waals surface area contributed by atoms with Crippen LogP contribution in [-0.2, 0) is 0 Å². The molecule has 1 aromatic carbocycles. The summed E-state index contributed by atoms with van der Waals surface area (Å²) in [6.07, 6.45) is 15.0. The molecule has 1 aromatic rings. The quantitative estimate of drug-likeness (QED) is 0.398. The van der Waals surface area contributed by atoms with Crippen molar-refractivity contribution in [3.8, 4) is 0 Å². The van der Waals surface area contributed by atoms with Gasteiger partial charge >= 0.3 is 0 Å². The molecule has 1 fully saturated rings. The minimum atomic E-state index is -1.28. The Bertz CT molecular complexity index is 530. The Morgan fingerprint density at radius 1 is 1.00 bits per heavy atom. The molecular weight excluding hydrogens is 304 g/mol. The monoisotopic (exact) mass is 340 g/mol. The predicted octanol–water partition coefficient (Wildman–Crippen LogP) is 6.40. The van der Waals surface area contributed by atoms with Crippen molar-refractivity contribution in [1.29, 1.82) is 0 Å². The zero-order valence-corrected chi connectivity index (χ0v) is 17.0. The molecule has 1 heteroatoms. The summed E-state index contributed by atoms with van der Waals surface area (Å²) in [7, 11) is -1.28. The molecule has 2 aliphatic rings. The molecule has 0 amide bonds. The first-order chi connectivity index (χ1) is 11.6. The molecule has 3 rings (SSSR count). The summed E-state index contributed by atoms with van der Waals surface area (Å²) in [5, 5.41) is 1.65. The van der Waals surface area contributed by atoms with Gasteiger partial charge in [-0.05, 0) is 42.9 Å². The van der Waals surface area contributed by atoms with Crippen LogP contribution in [0.25, 0.3) is 0 Å². The summed E-state index contributed by atoms with van der Waals surface area (Å²) in [6.45, 7) is 7.51. The average molecular weight is 341 g/mol. The fourth-order valence-electron chi connectivity index (χ4n) is 5.41. The van der Waals surface area contributed by atoms with E-state index >= 15 is 0 Å². The molecule has 0 bridgehead atoms. The largest absolute Gasteiger partial charge is 0.0882 e. The van der Waals surface area contributed by atoms with Crippen molar-refractivity contribution in [2.24, 2.45) is 23.7 Å². The van der Waals surface area contributed by atoms with E-state index < -0.39 is 8.07 Å². The van der Waals surface area contributed by atoms with Gasteiger partial charge in [-0.25, -0.2) is 0 Å². The van der Waals surface area contributed by atoms with E-state index in [0.29, 0.717) is 0 Å². The van der Waals surface area contributed by atoms with Gasteiger partial charge in [0.15, 0.2) is 0 Å². The molecule has 2 unspecified atom stereocenters. The van der Waals surface area contributed by atoms with Gasteiger partial charge in [0, 0.05) is 0 Å². The van der Waals surface area contributed by atoms with E-state index in [9.17, 15) is 0 Å². The number of unbranched alkanes of at least 4 members (excludes halogenated alkanes) is 1. The van der Waals surface area contributed by atoms with E-state index in [1.54, 1.807) is 5.19 Å². The van der Waals surface area contributed by atoms with Crippen LogP contribution in [0.2, 0.25) is 19.1 Å². The molecule has 0 nitrogen and oxygen atoms in total. The van der Waals surface area contributed by atoms with Crippen molar-refractivity contribution >= 4 is 13.3 Å². The lowest BCUT2D eigenvalue weighted by Gasteiger charge is -2.31. The van der Waals surface area contributed by atoms with Gasteiger partial charge in [-0.1, -0.05) is 99.4 Å². The second-order valence-electron chi connectivity index (χ2n) is 8.96. The van der Waals surface area contributed by atoms with Crippen molar-refractivity contribution in [1.82, 2.24) is 0 Å². The molecule has 1 saturated carbocycles. The van der Waals surface area contributed by atoms with Crippen molar-refractivity contribution in [2.75, 3.05) is 0 Å². The van der Waals surface area contributed by atoms with Crippen LogP contribution in [0, 0.1) is 23.7 Å². The predicted molar refractivity (Wildman–Crippen MR) is 109 cm³/mol. The van der Waals surface area contributed by atoms with Crippen molar-refractivity contribution < 1.29 is 0 Å². The van der Waals surface area contributed by atoms with Gasteiger partial charge < -0.3 is 0 Å². The van der Waals surface area contributed by atoms with Gasteiger partial charge in [-0.3, -0.25) is 0 Å². The molecule has 0 saturated heterocycles. The lowest BCUT2D eigenvalue weighted by Crippen LogP contribution is -2.41. The van der Waals surface area contributed by atoms with Crippen LogP contribution in [0.15, 0.2) is 42.5 Å². The van der Waals surface area contributed by atoms with E-state index in [-0.39, 0.29) is 0 Å². The zero-order valence-electron chi connectivity index (χ0n) is 16.0. The lowest BCUT2D eigenvalue weighted by molar-refractivity contribution is 0.260. The van der Waals surface area contributed by atoms with Crippen molar-refractivity contribution in [2.45, 2.75) is 71.0 Å². The molecule has 132 valence electrons. The number of fused-ring (bicyclic) bond motifs is 1. The zero-order chi connectivity index (χ0) is 17.0. The van der Waals surface area contributed by atoms with Crippen molar-refractivity contribution in [3.63, 3.8) is 0 Å². The number of hydrogen-bond donors (Lipinski definition) is 0. The highest BCUT2D eigenvalue weighted by atomic mass is 28.3. The summed E-state index contributed by atoms with van der Waals surface area (Å²) in [4.78, 5) is 0. The minimum absolute atomic E-state index is 0.998. The first-order valence-corrected chi connectivity index (χ1v) is 13.5. The Balaban J connectivity index is 1.67. The van der Waals surface area contributed by atoms with E-state index in [0.717, 1.165) is 23.7 Å². The molecule has 0 aliphatic heterocycles. The van der Waals surface area contributed by atoms with E-state index in [2.05, 4.69) is 62.5 Å². The normalized spacial score (nSPS) is 29.6. The van der Waals surface area contributed by atoms with Gasteiger partial charge in [0.1, 0.15) is 0 Å². The fraction of sp³-hybridized carbons (Fsp3) is 0.652. The average Bonchev–Trinajstić information content (AvgIpc) is 2.96. The highest BCUT2D eigenvalue weighted by Crippen LogP contribution is 2.51. The van der Waals surface area contributed by atoms with E-state index in [1.165, 1.54) is 51.0 Å². The number of rotatable bonds is 7. The van der Waals surface area contributed by atoms with Crippen LogP contribution in [0.3, 0.4) is 0 Å². The second kappa shape index (κ2) is 8.04. The van der Waals surface area contributed by atoms with Crippen LogP contribution < -0.4 is 5.19 Å². The Labute approximate surface area is 150 Å². The molecule has 0 N–H and O–H groups in total. The molecule has 4 atom stereocenters. The van der Waals surface area contributed by atoms with Crippen LogP contribution in [0.4, 0.5) is 0 Å². The standard InChI is InChI=1S/C23H36Si/c1-4-5-11-19-18-20-12-9-10-15-22(20)23(19)16-17-24(2,3)21-13-7-6-8-14-21/h6-10,13-14,19-20,22-23H,4-5,11-12,15-18H2,1-3H3/t19?,20-,22-,23?/m1/s1. The SMILES string of the molecule is CCCCC1C[C@H]2CC=CC[C@H]2C1CC[Si](C)(C)c1ccccc1. The Kier molecular flexibility index (Phi) is 6.02. The maximum absolute atomic E-state index is 2.58. The third kappa shape index (κ3) is 4.04. The molecule has 0 spiro atoms.